The zero-order valence-electron chi connectivity index (χ0n) is 14.1. The van der Waals surface area contributed by atoms with Crippen molar-refractivity contribution in [1.29, 1.82) is 0 Å². The number of para-hydroxylation sites is 2. The van der Waals surface area contributed by atoms with Crippen LogP contribution in [-0.4, -0.2) is 19.7 Å². The monoisotopic (exact) mass is 366 g/mol. The fraction of sp³-hybridized carbons (Fsp3) is 0.150. The third kappa shape index (κ3) is 2.42. The van der Waals surface area contributed by atoms with Gasteiger partial charge in [0.2, 0.25) is 0 Å². The van der Waals surface area contributed by atoms with Crippen molar-refractivity contribution in [2.75, 3.05) is 0 Å². The van der Waals surface area contributed by atoms with Gasteiger partial charge in [0.1, 0.15) is 5.69 Å². The Balaban J connectivity index is 1.78. The molecular formula is C20H13F3N4. The molecule has 1 aliphatic rings. The zero-order chi connectivity index (χ0) is 18.5. The molecule has 0 aliphatic carbocycles. The van der Waals surface area contributed by atoms with Gasteiger partial charge in [-0.1, -0.05) is 12.1 Å². The van der Waals surface area contributed by atoms with Crippen molar-refractivity contribution in [3.63, 3.8) is 0 Å². The van der Waals surface area contributed by atoms with E-state index >= 15 is 0 Å². The van der Waals surface area contributed by atoms with E-state index in [1.807, 2.05) is 24.3 Å². The van der Waals surface area contributed by atoms with Crippen LogP contribution in [0.2, 0.25) is 0 Å². The van der Waals surface area contributed by atoms with Gasteiger partial charge < -0.3 is 0 Å². The third-order valence-corrected chi connectivity index (χ3v) is 4.84. The molecule has 0 fully saturated rings. The van der Waals surface area contributed by atoms with Crippen molar-refractivity contribution in [2.24, 2.45) is 0 Å². The van der Waals surface area contributed by atoms with E-state index in [0.717, 1.165) is 30.1 Å². The standard InChI is InChI=1S/C20H13F3N4/c21-12-8-7-11(18(22)19(12)23)20-17(16-6-3-9-27(16)26-20)15-10-24-13-4-1-2-5-14(13)25-15/h1-2,4-5,7-8,10H,3,6,9H2. The summed E-state index contributed by atoms with van der Waals surface area (Å²) in [6.45, 7) is 0.689. The van der Waals surface area contributed by atoms with E-state index in [2.05, 4.69) is 15.1 Å². The molecule has 0 N–H and O–H groups in total. The molecule has 5 rings (SSSR count). The van der Waals surface area contributed by atoms with Crippen LogP contribution in [0.25, 0.3) is 33.5 Å². The molecule has 27 heavy (non-hydrogen) atoms. The molecule has 4 aromatic rings. The Morgan fingerprint density at radius 1 is 0.926 bits per heavy atom. The molecular weight excluding hydrogens is 353 g/mol. The lowest BCUT2D eigenvalue weighted by molar-refractivity contribution is 0.448. The van der Waals surface area contributed by atoms with E-state index in [0.29, 0.717) is 23.3 Å². The molecule has 4 nitrogen and oxygen atoms in total. The highest BCUT2D eigenvalue weighted by atomic mass is 19.2. The zero-order valence-corrected chi connectivity index (χ0v) is 14.1. The van der Waals surface area contributed by atoms with Crippen LogP contribution in [0.3, 0.4) is 0 Å². The summed E-state index contributed by atoms with van der Waals surface area (Å²) in [6.07, 6.45) is 3.28. The van der Waals surface area contributed by atoms with Crippen LogP contribution in [0.1, 0.15) is 12.1 Å². The predicted octanol–water partition coefficient (Wildman–Crippen LogP) is 4.52. The summed E-state index contributed by atoms with van der Waals surface area (Å²) in [7, 11) is 0. The van der Waals surface area contributed by atoms with Crippen LogP contribution in [0.4, 0.5) is 13.2 Å². The van der Waals surface area contributed by atoms with Gasteiger partial charge in [-0.25, -0.2) is 18.2 Å². The van der Waals surface area contributed by atoms with Crippen molar-refractivity contribution in [3.8, 4) is 22.5 Å². The summed E-state index contributed by atoms with van der Waals surface area (Å²) in [5.41, 5.74) is 3.67. The Labute approximate surface area is 152 Å². The van der Waals surface area contributed by atoms with Gasteiger partial charge in [-0.2, -0.15) is 5.10 Å². The van der Waals surface area contributed by atoms with Crippen molar-refractivity contribution >= 4 is 11.0 Å². The lowest BCUT2D eigenvalue weighted by Gasteiger charge is -2.07. The lowest BCUT2D eigenvalue weighted by atomic mass is 10.0. The average Bonchev–Trinajstić information content (AvgIpc) is 3.27. The van der Waals surface area contributed by atoms with Crippen LogP contribution in [0.5, 0.6) is 0 Å². The van der Waals surface area contributed by atoms with Gasteiger partial charge in [0.15, 0.2) is 17.5 Å². The predicted molar refractivity (Wildman–Crippen MR) is 94.4 cm³/mol. The minimum atomic E-state index is -1.50. The fourth-order valence-electron chi connectivity index (χ4n) is 3.58. The largest absolute Gasteiger partial charge is 0.268 e. The molecule has 2 aromatic carbocycles. The van der Waals surface area contributed by atoms with Crippen LogP contribution in [0, 0.1) is 17.5 Å². The normalized spacial score (nSPS) is 13.3. The molecule has 3 heterocycles. The smallest absolute Gasteiger partial charge is 0.195 e. The van der Waals surface area contributed by atoms with Gasteiger partial charge in [0, 0.05) is 17.8 Å². The Bertz CT molecular complexity index is 1200. The highest BCUT2D eigenvalue weighted by Crippen LogP contribution is 2.38. The fourth-order valence-corrected chi connectivity index (χ4v) is 3.58. The van der Waals surface area contributed by atoms with E-state index < -0.39 is 17.5 Å². The second-order valence-electron chi connectivity index (χ2n) is 6.46. The number of fused-ring (bicyclic) bond motifs is 2. The molecule has 134 valence electrons. The average molecular weight is 366 g/mol. The van der Waals surface area contributed by atoms with Crippen molar-refractivity contribution in [3.05, 3.63) is 65.7 Å². The minimum absolute atomic E-state index is 0.0826. The first kappa shape index (κ1) is 16.0. The van der Waals surface area contributed by atoms with Gasteiger partial charge in [0.05, 0.1) is 28.5 Å². The molecule has 2 aromatic heterocycles. The van der Waals surface area contributed by atoms with E-state index in [1.165, 1.54) is 6.07 Å². The van der Waals surface area contributed by atoms with E-state index in [1.54, 1.807) is 10.9 Å². The molecule has 0 atom stereocenters. The number of aryl methyl sites for hydroxylation is 1. The van der Waals surface area contributed by atoms with Gasteiger partial charge in [-0.15, -0.1) is 0 Å². The Hall–Kier alpha value is -3.22. The molecule has 0 saturated heterocycles. The molecule has 0 unspecified atom stereocenters. The Morgan fingerprint density at radius 3 is 2.59 bits per heavy atom. The topological polar surface area (TPSA) is 43.6 Å². The highest BCUT2D eigenvalue weighted by Gasteiger charge is 2.27. The van der Waals surface area contributed by atoms with Crippen LogP contribution < -0.4 is 0 Å². The highest BCUT2D eigenvalue weighted by molar-refractivity contribution is 5.84. The molecule has 0 spiro atoms. The van der Waals surface area contributed by atoms with E-state index in [-0.39, 0.29) is 11.3 Å². The van der Waals surface area contributed by atoms with Gasteiger partial charge in [0.25, 0.3) is 0 Å². The second-order valence-corrected chi connectivity index (χ2v) is 6.46. The van der Waals surface area contributed by atoms with Crippen molar-refractivity contribution in [2.45, 2.75) is 19.4 Å². The maximum atomic E-state index is 14.5. The summed E-state index contributed by atoms with van der Waals surface area (Å²) in [4.78, 5) is 9.07. The summed E-state index contributed by atoms with van der Waals surface area (Å²) in [5.74, 6) is -3.98. The maximum Gasteiger partial charge on any atom is 0.195 e. The summed E-state index contributed by atoms with van der Waals surface area (Å²) in [5, 5.41) is 4.47. The third-order valence-electron chi connectivity index (χ3n) is 4.84. The first-order valence-corrected chi connectivity index (χ1v) is 8.59. The second kappa shape index (κ2) is 5.90. The number of hydrogen-bond acceptors (Lipinski definition) is 3. The van der Waals surface area contributed by atoms with Crippen LogP contribution in [-0.2, 0) is 13.0 Å². The molecule has 0 bridgehead atoms. The van der Waals surface area contributed by atoms with Crippen molar-refractivity contribution < 1.29 is 13.2 Å². The number of nitrogens with zero attached hydrogens (tertiary/aromatic N) is 4. The number of halogens is 3. The molecule has 7 heteroatoms. The summed E-state index contributed by atoms with van der Waals surface area (Å²) >= 11 is 0. The minimum Gasteiger partial charge on any atom is -0.268 e. The van der Waals surface area contributed by atoms with E-state index in [4.69, 9.17) is 0 Å². The maximum absolute atomic E-state index is 14.5. The molecule has 0 radical (unpaired) electrons. The van der Waals surface area contributed by atoms with Gasteiger partial charge >= 0.3 is 0 Å². The Kier molecular flexibility index (Phi) is 3.50. The summed E-state index contributed by atoms with van der Waals surface area (Å²) in [6, 6.07) is 9.55. The first-order chi connectivity index (χ1) is 13.1. The number of aromatic nitrogens is 4. The number of benzene rings is 2. The van der Waals surface area contributed by atoms with Crippen LogP contribution in [0.15, 0.2) is 42.6 Å². The SMILES string of the molecule is Fc1ccc(-c2nn3c(c2-c2cnc4ccccc4n2)CCC3)c(F)c1F. The molecule has 1 aliphatic heterocycles. The Morgan fingerprint density at radius 2 is 1.74 bits per heavy atom. The molecule has 0 amide bonds. The van der Waals surface area contributed by atoms with Crippen molar-refractivity contribution in [1.82, 2.24) is 19.7 Å². The lowest BCUT2D eigenvalue weighted by Crippen LogP contribution is -1.98. The van der Waals surface area contributed by atoms with E-state index in [9.17, 15) is 13.2 Å². The first-order valence-electron chi connectivity index (χ1n) is 8.59. The summed E-state index contributed by atoms with van der Waals surface area (Å²) < 4.78 is 43.4. The van der Waals surface area contributed by atoms with Crippen LogP contribution >= 0.6 is 0 Å². The quantitative estimate of drug-likeness (QED) is 0.490. The number of rotatable bonds is 2. The number of hydrogen-bond donors (Lipinski definition) is 0. The van der Waals surface area contributed by atoms with Gasteiger partial charge in [-0.3, -0.25) is 9.67 Å². The van der Waals surface area contributed by atoms with Gasteiger partial charge in [-0.05, 0) is 37.1 Å². The molecule has 0 saturated carbocycles.